The molecule has 0 saturated heterocycles. The van der Waals surface area contributed by atoms with Gasteiger partial charge in [0.15, 0.2) is 5.58 Å². The Bertz CT molecular complexity index is 1140. The zero-order valence-electron chi connectivity index (χ0n) is 14.8. The summed E-state index contributed by atoms with van der Waals surface area (Å²) in [5.74, 6) is 1.56. The summed E-state index contributed by atoms with van der Waals surface area (Å²) in [6, 6.07) is 12.0. The zero-order valence-corrected chi connectivity index (χ0v) is 16.4. The third-order valence-electron chi connectivity index (χ3n) is 4.44. The lowest BCUT2D eigenvalue weighted by Gasteiger charge is -2.10. The third-order valence-corrected chi connectivity index (χ3v) is 4.93. The summed E-state index contributed by atoms with van der Waals surface area (Å²) in [5.41, 5.74) is 6.17. The van der Waals surface area contributed by atoms with Gasteiger partial charge in [-0.05, 0) is 68.3 Å². The highest BCUT2D eigenvalue weighted by Gasteiger charge is 2.12. The number of hydrogen-bond acceptors (Lipinski definition) is 3. The maximum absolute atomic E-state index is 5.79. The van der Waals surface area contributed by atoms with Gasteiger partial charge in [-0.25, -0.2) is 9.97 Å². The van der Waals surface area contributed by atoms with Gasteiger partial charge in [-0.15, -0.1) is 0 Å². The molecule has 3 aromatic heterocycles. The molecule has 130 valence electrons. The van der Waals surface area contributed by atoms with Crippen LogP contribution in [-0.4, -0.2) is 14.5 Å². The van der Waals surface area contributed by atoms with Crippen molar-refractivity contribution in [2.24, 2.45) is 0 Å². The van der Waals surface area contributed by atoms with Crippen LogP contribution in [0.4, 0.5) is 0 Å². The minimum Gasteiger partial charge on any atom is -0.437 e. The second-order valence-corrected chi connectivity index (χ2v) is 7.22. The van der Waals surface area contributed by atoms with E-state index in [1.807, 2.05) is 42.6 Å². The number of aryl methyl sites for hydroxylation is 2. The van der Waals surface area contributed by atoms with Crippen molar-refractivity contribution >= 4 is 39.2 Å². The van der Waals surface area contributed by atoms with Crippen LogP contribution in [0.1, 0.15) is 28.4 Å². The normalized spacial score (nSPS) is 11.7. The lowest BCUT2D eigenvalue weighted by Crippen LogP contribution is -2.03. The fraction of sp³-hybridized carbons (Fsp3) is 0.143. The first-order chi connectivity index (χ1) is 12.5. The van der Waals surface area contributed by atoms with Gasteiger partial charge in [0.25, 0.3) is 0 Å². The summed E-state index contributed by atoms with van der Waals surface area (Å²) in [5, 5.41) is 0. The average molecular weight is 408 g/mol. The first-order valence-corrected chi connectivity index (χ1v) is 9.17. The standard InChI is InChI=1S/C21H18BrN3O/c1-13-5-4-10-23-21(13)25-14(2)11-16(15(25)3)6-9-20-24-18-12-17(22)7-8-19(18)26-20/h4-12H,1-3H3/b9-6+. The number of halogens is 1. The SMILES string of the molecule is Cc1cccnc1-n1c(C)cc(/C=C/c2nc3cc(Br)ccc3o2)c1C. The number of rotatable bonds is 3. The van der Waals surface area contributed by atoms with Crippen LogP contribution in [0.25, 0.3) is 29.1 Å². The molecule has 0 aliphatic heterocycles. The molecule has 4 rings (SSSR count). The highest BCUT2D eigenvalue weighted by atomic mass is 79.9. The molecule has 0 saturated carbocycles. The van der Waals surface area contributed by atoms with Crippen molar-refractivity contribution in [2.45, 2.75) is 20.8 Å². The molecule has 0 N–H and O–H groups in total. The number of hydrogen-bond donors (Lipinski definition) is 0. The van der Waals surface area contributed by atoms with Crippen LogP contribution in [0.5, 0.6) is 0 Å². The van der Waals surface area contributed by atoms with E-state index in [4.69, 9.17) is 4.42 Å². The van der Waals surface area contributed by atoms with Gasteiger partial charge >= 0.3 is 0 Å². The van der Waals surface area contributed by atoms with Gasteiger partial charge in [-0.1, -0.05) is 22.0 Å². The Balaban J connectivity index is 1.71. The van der Waals surface area contributed by atoms with E-state index in [-0.39, 0.29) is 0 Å². The second-order valence-electron chi connectivity index (χ2n) is 6.30. The van der Waals surface area contributed by atoms with Gasteiger partial charge in [-0.2, -0.15) is 0 Å². The van der Waals surface area contributed by atoms with Gasteiger partial charge in [0.05, 0.1) is 0 Å². The highest BCUT2D eigenvalue weighted by molar-refractivity contribution is 9.10. The molecular weight excluding hydrogens is 390 g/mol. The molecule has 3 heterocycles. The molecule has 0 radical (unpaired) electrons. The van der Waals surface area contributed by atoms with Crippen molar-refractivity contribution in [3.63, 3.8) is 0 Å². The smallest absolute Gasteiger partial charge is 0.220 e. The van der Waals surface area contributed by atoms with Crippen molar-refractivity contribution in [2.75, 3.05) is 0 Å². The van der Waals surface area contributed by atoms with Gasteiger partial charge in [0, 0.05) is 28.1 Å². The van der Waals surface area contributed by atoms with E-state index in [1.165, 1.54) is 0 Å². The fourth-order valence-corrected chi connectivity index (χ4v) is 3.49. The summed E-state index contributed by atoms with van der Waals surface area (Å²) < 4.78 is 8.96. The van der Waals surface area contributed by atoms with E-state index in [2.05, 4.69) is 63.4 Å². The molecular formula is C21H18BrN3O. The summed E-state index contributed by atoms with van der Waals surface area (Å²) in [7, 11) is 0. The topological polar surface area (TPSA) is 43.9 Å². The minimum absolute atomic E-state index is 0.594. The summed E-state index contributed by atoms with van der Waals surface area (Å²) in [6.45, 7) is 6.27. The van der Waals surface area contributed by atoms with Gasteiger partial charge in [-0.3, -0.25) is 0 Å². The van der Waals surface area contributed by atoms with E-state index in [9.17, 15) is 0 Å². The minimum atomic E-state index is 0.594. The van der Waals surface area contributed by atoms with Crippen LogP contribution >= 0.6 is 15.9 Å². The van der Waals surface area contributed by atoms with Gasteiger partial charge in [0.2, 0.25) is 5.89 Å². The lowest BCUT2D eigenvalue weighted by molar-refractivity contribution is 0.589. The number of benzene rings is 1. The zero-order chi connectivity index (χ0) is 18.3. The maximum Gasteiger partial charge on any atom is 0.220 e. The van der Waals surface area contributed by atoms with Crippen molar-refractivity contribution in [3.8, 4) is 5.82 Å². The summed E-state index contributed by atoms with van der Waals surface area (Å²) in [4.78, 5) is 9.06. The Kier molecular flexibility index (Phi) is 4.24. The van der Waals surface area contributed by atoms with E-state index >= 15 is 0 Å². The predicted octanol–water partition coefficient (Wildman–Crippen LogP) is 5.87. The largest absolute Gasteiger partial charge is 0.437 e. The Morgan fingerprint density at radius 2 is 1.92 bits per heavy atom. The summed E-state index contributed by atoms with van der Waals surface area (Å²) >= 11 is 3.46. The maximum atomic E-state index is 5.79. The molecule has 0 spiro atoms. The molecule has 5 heteroatoms. The van der Waals surface area contributed by atoms with Crippen molar-refractivity contribution in [3.05, 3.63) is 75.5 Å². The fourth-order valence-electron chi connectivity index (χ4n) is 3.14. The van der Waals surface area contributed by atoms with Crippen LogP contribution in [-0.2, 0) is 0 Å². The molecule has 1 aromatic carbocycles. The average Bonchev–Trinajstić information content (AvgIpc) is 3.14. The first-order valence-electron chi connectivity index (χ1n) is 8.38. The molecule has 4 nitrogen and oxygen atoms in total. The van der Waals surface area contributed by atoms with Crippen molar-refractivity contribution in [1.29, 1.82) is 0 Å². The summed E-state index contributed by atoms with van der Waals surface area (Å²) in [6.07, 6.45) is 5.77. The highest BCUT2D eigenvalue weighted by Crippen LogP contribution is 2.24. The van der Waals surface area contributed by atoms with Crippen molar-refractivity contribution in [1.82, 2.24) is 14.5 Å². The van der Waals surface area contributed by atoms with E-state index in [1.54, 1.807) is 0 Å². The monoisotopic (exact) mass is 407 g/mol. The predicted molar refractivity (Wildman–Crippen MR) is 108 cm³/mol. The third kappa shape index (κ3) is 2.99. The molecule has 0 unspecified atom stereocenters. The first kappa shape index (κ1) is 16.8. The van der Waals surface area contributed by atoms with Crippen LogP contribution in [0.2, 0.25) is 0 Å². The Hall–Kier alpha value is -2.66. The van der Waals surface area contributed by atoms with Gasteiger partial charge in [0.1, 0.15) is 11.3 Å². The molecule has 0 amide bonds. The van der Waals surface area contributed by atoms with Crippen molar-refractivity contribution < 1.29 is 4.42 Å². The number of nitrogens with zero attached hydrogens (tertiary/aromatic N) is 3. The van der Waals surface area contributed by atoms with Crippen LogP contribution in [0, 0.1) is 20.8 Å². The molecule has 0 bridgehead atoms. The van der Waals surface area contributed by atoms with E-state index < -0.39 is 0 Å². The Labute approximate surface area is 160 Å². The number of oxazole rings is 1. The van der Waals surface area contributed by atoms with Gasteiger partial charge < -0.3 is 8.98 Å². The van der Waals surface area contributed by atoms with Crippen LogP contribution in [0.3, 0.4) is 0 Å². The van der Waals surface area contributed by atoms with E-state index in [0.29, 0.717) is 5.89 Å². The molecule has 0 fully saturated rings. The van der Waals surface area contributed by atoms with Crippen LogP contribution < -0.4 is 0 Å². The molecule has 4 aromatic rings. The quantitative estimate of drug-likeness (QED) is 0.426. The Morgan fingerprint density at radius 3 is 2.73 bits per heavy atom. The number of fused-ring (bicyclic) bond motifs is 1. The second kappa shape index (κ2) is 6.57. The number of aromatic nitrogens is 3. The molecule has 0 aliphatic carbocycles. The lowest BCUT2D eigenvalue weighted by atomic mass is 10.2. The van der Waals surface area contributed by atoms with E-state index in [0.717, 1.165) is 43.9 Å². The number of pyridine rings is 1. The molecule has 0 aliphatic rings. The molecule has 0 atom stereocenters. The van der Waals surface area contributed by atoms with Crippen LogP contribution in [0.15, 0.2) is 51.5 Å². The molecule has 26 heavy (non-hydrogen) atoms. The Morgan fingerprint density at radius 1 is 1.08 bits per heavy atom.